The Morgan fingerprint density at radius 3 is 2.29 bits per heavy atom. The van der Waals surface area contributed by atoms with Crippen LogP contribution in [0.3, 0.4) is 0 Å². The van der Waals surface area contributed by atoms with Crippen LogP contribution in [0.5, 0.6) is 0 Å². The van der Waals surface area contributed by atoms with E-state index in [1.807, 2.05) is 63.2 Å². The van der Waals surface area contributed by atoms with Crippen LogP contribution >= 0.6 is 0 Å². The summed E-state index contributed by atoms with van der Waals surface area (Å²) in [7, 11) is 0. The quantitative estimate of drug-likeness (QED) is 0.660. The van der Waals surface area contributed by atoms with Crippen LogP contribution < -0.4 is 5.32 Å². The second-order valence-corrected chi connectivity index (χ2v) is 8.19. The molecule has 1 N–H and O–H groups in total. The number of carbonyl (C=O) groups is 1. The molecule has 1 aliphatic rings. The van der Waals surface area contributed by atoms with E-state index in [-0.39, 0.29) is 5.91 Å². The number of hydrogen-bond donors (Lipinski definition) is 1. The largest absolute Gasteiger partial charge is 0.338 e. The molecule has 2 aromatic carbocycles. The van der Waals surface area contributed by atoms with Gasteiger partial charge in [-0.1, -0.05) is 47.6 Å². The van der Waals surface area contributed by atoms with Gasteiger partial charge in [-0.05, 0) is 37.5 Å². The molecule has 162 valence electrons. The minimum atomic E-state index is 0.0330. The number of anilines is 1. The highest BCUT2D eigenvalue weighted by molar-refractivity contribution is 5.93. The summed E-state index contributed by atoms with van der Waals surface area (Å²) in [5.41, 5.74) is 5.22. The molecule has 3 aromatic rings. The third kappa shape index (κ3) is 5.18. The summed E-state index contributed by atoms with van der Waals surface area (Å²) in [4.78, 5) is 21.6. The molecular formula is C24H29N5O2. The van der Waals surface area contributed by atoms with Gasteiger partial charge in [0.1, 0.15) is 0 Å². The molecule has 0 atom stereocenters. The van der Waals surface area contributed by atoms with Gasteiger partial charge in [0, 0.05) is 37.4 Å². The average molecular weight is 420 g/mol. The Labute approximate surface area is 183 Å². The summed E-state index contributed by atoms with van der Waals surface area (Å²) in [5.74, 6) is 1.29. The SMILES string of the molecule is Cc1ccccc1-c1noc(CN2CCN(CC(=O)Nc3c(C)cccc3C)CC2)n1. The van der Waals surface area contributed by atoms with Gasteiger partial charge >= 0.3 is 0 Å². The summed E-state index contributed by atoms with van der Waals surface area (Å²) < 4.78 is 5.48. The summed E-state index contributed by atoms with van der Waals surface area (Å²) in [6.45, 7) is 10.5. The minimum Gasteiger partial charge on any atom is -0.338 e. The Morgan fingerprint density at radius 2 is 1.58 bits per heavy atom. The van der Waals surface area contributed by atoms with Crippen LogP contribution in [0, 0.1) is 20.8 Å². The summed E-state index contributed by atoms with van der Waals surface area (Å²) in [5, 5.41) is 7.22. The number of nitrogens with zero attached hydrogens (tertiary/aromatic N) is 4. The molecule has 1 aliphatic heterocycles. The average Bonchev–Trinajstić information content (AvgIpc) is 3.21. The summed E-state index contributed by atoms with van der Waals surface area (Å²) >= 11 is 0. The highest BCUT2D eigenvalue weighted by Crippen LogP contribution is 2.21. The number of aromatic nitrogens is 2. The first kappa shape index (κ1) is 21.2. The number of para-hydroxylation sites is 1. The molecule has 0 saturated carbocycles. The Kier molecular flexibility index (Phi) is 6.44. The lowest BCUT2D eigenvalue weighted by molar-refractivity contribution is -0.117. The zero-order valence-electron chi connectivity index (χ0n) is 18.4. The van der Waals surface area contributed by atoms with Crippen molar-refractivity contribution in [3.63, 3.8) is 0 Å². The van der Waals surface area contributed by atoms with Crippen molar-refractivity contribution in [1.29, 1.82) is 0 Å². The van der Waals surface area contributed by atoms with Gasteiger partial charge in [0.15, 0.2) is 0 Å². The first-order valence-corrected chi connectivity index (χ1v) is 10.7. The van der Waals surface area contributed by atoms with Crippen LogP contribution in [-0.2, 0) is 11.3 Å². The number of aryl methyl sites for hydroxylation is 3. The van der Waals surface area contributed by atoms with E-state index in [0.717, 1.165) is 54.1 Å². The fraction of sp³-hybridized carbons (Fsp3) is 0.375. The van der Waals surface area contributed by atoms with E-state index < -0.39 is 0 Å². The topological polar surface area (TPSA) is 74.5 Å². The van der Waals surface area contributed by atoms with Crippen LogP contribution in [0.2, 0.25) is 0 Å². The van der Waals surface area contributed by atoms with Crippen LogP contribution in [0.4, 0.5) is 5.69 Å². The molecule has 0 spiro atoms. The molecule has 0 unspecified atom stereocenters. The van der Waals surface area contributed by atoms with Gasteiger partial charge in [-0.25, -0.2) is 0 Å². The van der Waals surface area contributed by atoms with Gasteiger partial charge in [0.2, 0.25) is 17.6 Å². The smallest absolute Gasteiger partial charge is 0.241 e. The third-order valence-corrected chi connectivity index (χ3v) is 5.79. The highest BCUT2D eigenvalue weighted by atomic mass is 16.5. The van der Waals surface area contributed by atoms with E-state index in [4.69, 9.17) is 4.52 Å². The second-order valence-electron chi connectivity index (χ2n) is 8.19. The molecule has 0 radical (unpaired) electrons. The molecule has 2 heterocycles. The number of carbonyl (C=O) groups excluding carboxylic acids is 1. The molecule has 7 heteroatoms. The van der Waals surface area contributed by atoms with Gasteiger partial charge in [-0.3, -0.25) is 14.6 Å². The lowest BCUT2D eigenvalue weighted by Crippen LogP contribution is -2.48. The monoisotopic (exact) mass is 419 g/mol. The number of amides is 1. The van der Waals surface area contributed by atoms with Gasteiger partial charge in [0.05, 0.1) is 13.1 Å². The van der Waals surface area contributed by atoms with E-state index in [1.165, 1.54) is 0 Å². The Morgan fingerprint density at radius 1 is 0.935 bits per heavy atom. The van der Waals surface area contributed by atoms with Gasteiger partial charge in [-0.2, -0.15) is 4.98 Å². The molecule has 1 fully saturated rings. The zero-order valence-corrected chi connectivity index (χ0v) is 18.4. The first-order chi connectivity index (χ1) is 15.0. The number of hydrogen-bond acceptors (Lipinski definition) is 6. The normalized spacial score (nSPS) is 15.2. The summed E-state index contributed by atoms with van der Waals surface area (Å²) in [6.07, 6.45) is 0. The Hall–Kier alpha value is -3.03. The van der Waals surface area contributed by atoms with Crippen LogP contribution in [0.1, 0.15) is 22.6 Å². The molecule has 0 aliphatic carbocycles. The Balaban J connectivity index is 1.27. The third-order valence-electron chi connectivity index (χ3n) is 5.79. The fourth-order valence-electron chi connectivity index (χ4n) is 3.94. The van der Waals surface area contributed by atoms with Gasteiger partial charge in [0.25, 0.3) is 0 Å². The van der Waals surface area contributed by atoms with E-state index in [1.54, 1.807) is 0 Å². The van der Waals surface area contributed by atoms with Crippen molar-refractivity contribution in [2.24, 2.45) is 0 Å². The molecule has 4 rings (SSSR count). The molecule has 1 aromatic heterocycles. The predicted octanol–water partition coefficient (Wildman–Crippen LogP) is 3.42. The highest BCUT2D eigenvalue weighted by Gasteiger charge is 2.21. The lowest BCUT2D eigenvalue weighted by atomic mass is 10.1. The van der Waals surface area contributed by atoms with E-state index in [9.17, 15) is 4.79 Å². The summed E-state index contributed by atoms with van der Waals surface area (Å²) in [6, 6.07) is 14.1. The van der Waals surface area contributed by atoms with Crippen molar-refractivity contribution < 1.29 is 9.32 Å². The molecule has 1 amide bonds. The van der Waals surface area contributed by atoms with Crippen molar-refractivity contribution >= 4 is 11.6 Å². The van der Waals surface area contributed by atoms with Crippen molar-refractivity contribution in [1.82, 2.24) is 19.9 Å². The van der Waals surface area contributed by atoms with Crippen LogP contribution in [0.15, 0.2) is 47.0 Å². The minimum absolute atomic E-state index is 0.0330. The van der Waals surface area contributed by atoms with Crippen molar-refractivity contribution in [3.8, 4) is 11.4 Å². The second kappa shape index (κ2) is 9.41. The molecule has 1 saturated heterocycles. The molecule has 31 heavy (non-hydrogen) atoms. The Bertz CT molecular complexity index is 1030. The van der Waals surface area contributed by atoms with E-state index >= 15 is 0 Å². The molecular weight excluding hydrogens is 390 g/mol. The number of piperazine rings is 1. The maximum Gasteiger partial charge on any atom is 0.241 e. The van der Waals surface area contributed by atoms with E-state index in [0.29, 0.717) is 24.8 Å². The van der Waals surface area contributed by atoms with Crippen LogP contribution in [-0.4, -0.2) is 58.6 Å². The first-order valence-electron chi connectivity index (χ1n) is 10.7. The van der Waals surface area contributed by atoms with Gasteiger partial charge < -0.3 is 9.84 Å². The molecule has 7 nitrogen and oxygen atoms in total. The van der Waals surface area contributed by atoms with Crippen LogP contribution in [0.25, 0.3) is 11.4 Å². The maximum atomic E-state index is 12.5. The van der Waals surface area contributed by atoms with E-state index in [2.05, 4.69) is 25.3 Å². The maximum absolute atomic E-state index is 12.5. The number of benzene rings is 2. The van der Waals surface area contributed by atoms with Crippen molar-refractivity contribution in [2.75, 3.05) is 38.0 Å². The number of nitrogens with one attached hydrogen (secondary N) is 1. The van der Waals surface area contributed by atoms with Gasteiger partial charge in [-0.15, -0.1) is 0 Å². The zero-order chi connectivity index (χ0) is 21.8. The standard InChI is InChI=1S/C24H29N5O2/c1-17-7-4-5-10-20(17)24-26-22(31-27-24)16-29-13-11-28(12-14-29)15-21(30)25-23-18(2)8-6-9-19(23)3/h4-10H,11-16H2,1-3H3,(H,25,30). The number of rotatable bonds is 6. The predicted molar refractivity (Wildman–Crippen MR) is 121 cm³/mol. The fourth-order valence-corrected chi connectivity index (χ4v) is 3.94. The molecule has 0 bridgehead atoms. The lowest BCUT2D eigenvalue weighted by Gasteiger charge is -2.33. The van der Waals surface area contributed by atoms with Crippen molar-refractivity contribution in [2.45, 2.75) is 27.3 Å². The van der Waals surface area contributed by atoms with Crippen molar-refractivity contribution in [3.05, 3.63) is 65.0 Å².